The van der Waals surface area contributed by atoms with Gasteiger partial charge in [0.1, 0.15) is 5.82 Å². The maximum absolute atomic E-state index is 13.0. The van der Waals surface area contributed by atoms with E-state index in [4.69, 9.17) is 5.73 Å². The third kappa shape index (κ3) is 4.04. The third-order valence-electron chi connectivity index (χ3n) is 3.12. The van der Waals surface area contributed by atoms with Crippen molar-refractivity contribution in [2.75, 3.05) is 0 Å². The van der Waals surface area contributed by atoms with E-state index < -0.39 is 17.8 Å². The molecule has 0 aromatic heterocycles. The Balaban J connectivity index is 2.15. The molecule has 2 aromatic carbocycles. The fourth-order valence-electron chi connectivity index (χ4n) is 1.96. The van der Waals surface area contributed by atoms with Crippen molar-refractivity contribution in [3.8, 4) is 0 Å². The zero-order valence-electron chi connectivity index (χ0n) is 10.8. The molecule has 0 amide bonds. The van der Waals surface area contributed by atoms with Crippen LogP contribution in [0.15, 0.2) is 46.9 Å². The van der Waals surface area contributed by atoms with E-state index in [1.54, 1.807) is 6.07 Å². The largest absolute Gasteiger partial charge is 0.416 e. The van der Waals surface area contributed by atoms with Gasteiger partial charge in [-0.15, -0.1) is 0 Å². The number of nitrogens with two attached hydrogens (primary N) is 1. The zero-order valence-corrected chi connectivity index (χ0v) is 12.4. The maximum atomic E-state index is 13.0. The second kappa shape index (κ2) is 6.15. The molecule has 2 aromatic rings. The molecule has 0 heterocycles. The lowest BCUT2D eigenvalue weighted by atomic mass is 9.98. The maximum Gasteiger partial charge on any atom is 0.416 e. The summed E-state index contributed by atoms with van der Waals surface area (Å²) >= 11 is 3.24. The number of hydrogen-bond donors (Lipinski definition) is 1. The van der Waals surface area contributed by atoms with E-state index in [1.807, 2.05) is 0 Å². The van der Waals surface area contributed by atoms with Crippen molar-refractivity contribution < 1.29 is 17.6 Å². The molecule has 2 rings (SSSR count). The second-order valence-electron chi connectivity index (χ2n) is 4.67. The van der Waals surface area contributed by atoms with Gasteiger partial charge in [0.05, 0.1) is 5.56 Å². The first-order valence-electron chi connectivity index (χ1n) is 6.14. The van der Waals surface area contributed by atoms with Crippen LogP contribution in [0.25, 0.3) is 0 Å². The Labute approximate surface area is 127 Å². The molecule has 0 radical (unpaired) electrons. The van der Waals surface area contributed by atoms with Crippen molar-refractivity contribution >= 4 is 15.9 Å². The van der Waals surface area contributed by atoms with Crippen molar-refractivity contribution in [3.05, 3.63) is 69.4 Å². The average molecular weight is 362 g/mol. The van der Waals surface area contributed by atoms with Gasteiger partial charge in [0.15, 0.2) is 0 Å². The smallest absolute Gasteiger partial charge is 0.324 e. The van der Waals surface area contributed by atoms with Gasteiger partial charge in [-0.25, -0.2) is 4.39 Å². The fraction of sp³-hybridized carbons (Fsp3) is 0.200. The Morgan fingerprint density at radius 1 is 1.05 bits per heavy atom. The molecule has 112 valence electrons. The fourth-order valence-corrected chi connectivity index (χ4v) is 2.47. The highest BCUT2D eigenvalue weighted by atomic mass is 79.9. The number of rotatable bonds is 3. The summed E-state index contributed by atoms with van der Waals surface area (Å²) in [7, 11) is 0. The molecule has 0 saturated carbocycles. The molecule has 0 fully saturated rings. The minimum absolute atomic E-state index is 0.367. The normalized spacial score (nSPS) is 13.2. The topological polar surface area (TPSA) is 26.0 Å². The van der Waals surface area contributed by atoms with Crippen molar-refractivity contribution in [3.63, 3.8) is 0 Å². The van der Waals surface area contributed by atoms with Gasteiger partial charge < -0.3 is 5.73 Å². The van der Waals surface area contributed by atoms with Gasteiger partial charge >= 0.3 is 6.18 Å². The van der Waals surface area contributed by atoms with Crippen molar-refractivity contribution in [2.24, 2.45) is 5.73 Å². The summed E-state index contributed by atoms with van der Waals surface area (Å²) in [5, 5.41) is 0. The van der Waals surface area contributed by atoms with Crippen LogP contribution >= 0.6 is 15.9 Å². The Bertz CT molecular complexity index is 623. The molecule has 6 heteroatoms. The summed E-state index contributed by atoms with van der Waals surface area (Å²) in [5.74, 6) is -0.367. The van der Waals surface area contributed by atoms with Crippen LogP contribution in [-0.2, 0) is 12.6 Å². The molecule has 0 aliphatic carbocycles. The van der Waals surface area contributed by atoms with Gasteiger partial charge in [-0.1, -0.05) is 34.1 Å². The van der Waals surface area contributed by atoms with Gasteiger partial charge in [0.25, 0.3) is 0 Å². The number of alkyl halides is 3. The average Bonchev–Trinajstić information content (AvgIpc) is 2.41. The SMILES string of the molecule is NC(Cc1ccc(F)cc1Br)c1ccc(C(F)(F)F)cc1. The first-order valence-corrected chi connectivity index (χ1v) is 6.93. The zero-order chi connectivity index (χ0) is 15.6. The number of halogens is 5. The van der Waals surface area contributed by atoms with Crippen molar-refractivity contribution in [1.82, 2.24) is 0 Å². The van der Waals surface area contributed by atoms with Crippen LogP contribution in [0.5, 0.6) is 0 Å². The predicted octanol–water partition coefficient (Wildman–Crippen LogP) is 4.85. The van der Waals surface area contributed by atoms with Crippen LogP contribution in [0.2, 0.25) is 0 Å². The Morgan fingerprint density at radius 3 is 2.19 bits per heavy atom. The molecule has 0 bridgehead atoms. The van der Waals surface area contributed by atoms with Crippen LogP contribution in [0, 0.1) is 5.82 Å². The molecule has 0 spiro atoms. The first-order chi connectivity index (χ1) is 9.77. The predicted molar refractivity (Wildman–Crippen MR) is 76.2 cm³/mol. The molecule has 2 N–H and O–H groups in total. The molecule has 0 aliphatic rings. The first kappa shape index (κ1) is 16.0. The Hall–Kier alpha value is -1.40. The highest BCUT2D eigenvalue weighted by molar-refractivity contribution is 9.10. The molecule has 1 nitrogen and oxygen atoms in total. The number of hydrogen-bond acceptors (Lipinski definition) is 1. The standard InChI is InChI=1S/C15H12BrF4N/c16-13-8-12(17)6-3-10(13)7-14(21)9-1-4-11(5-2-9)15(18,19)20/h1-6,8,14H,7,21H2. The van der Waals surface area contributed by atoms with E-state index in [2.05, 4.69) is 15.9 Å². The molecule has 1 atom stereocenters. The minimum atomic E-state index is -4.36. The third-order valence-corrected chi connectivity index (χ3v) is 3.86. The summed E-state index contributed by atoms with van der Waals surface area (Å²) in [6.45, 7) is 0. The van der Waals surface area contributed by atoms with Crippen LogP contribution in [0.1, 0.15) is 22.7 Å². The summed E-state index contributed by atoms with van der Waals surface area (Å²) < 4.78 is 51.0. The quantitative estimate of drug-likeness (QED) is 0.777. The highest BCUT2D eigenvalue weighted by Gasteiger charge is 2.30. The summed E-state index contributed by atoms with van der Waals surface area (Å²) in [6, 6.07) is 8.53. The van der Waals surface area contributed by atoms with Gasteiger partial charge in [0.2, 0.25) is 0 Å². The van der Waals surface area contributed by atoms with Gasteiger partial charge in [-0.3, -0.25) is 0 Å². The van der Waals surface area contributed by atoms with Crippen LogP contribution in [0.4, 0.5) is 17.6 Å². The van der Waals surface area contributed by atoms with Crippen molar-refractivity contribution in [1.29, 1.82) is 0 Å². The van der Waals surface area contributed by atoms with E-state index in [-0.39, 0.29) is 5.82 Å². The minimum Gasteiger partial charge on any atom is -0.324 e. The lowest BCUT2D eigenvalue weighted by Gasteiger charge is -2.14. The van der Waals surface area contributed by atoms with Gasteiger partial charge in [-0.05, 0) is 41.8 Å². The Kier molecular flexibility index (Phi) is 4.68. The monoisotopic (exact) mass is 361 g/mol. The van der Waals surface area contributed by atoms with E-state index >= 15 is 0 Å². The van der Waals surface area contributed by atoms with Crippen molar-refractivity contribution in [2.45, 2.75) is 18.6 Å². The molecule has 0 saturated heterocycles. The highest BCUT2D eigenvalue weighted by Crippen LogP contribution is 2.30. The molecule has 1 unspecified atom stereocenters. The van der Waals surface area contributed by atoms with Crippen LogP contribution in [0.3, 0.4) is 0 Å². The number of benzene rings is 2. The molecular formula is C15H12BrF4N. The molecule has 0 aliphatic heterocycles. The van der Waals surface area contributed by atoms with E-state index in [0.29, 0.717) is 16.5 Å². The second-order valence-corrected chi connectivity index (χ2v) is 5.52. The van der Waals surface area contributed by atoms with Crippen LogP contribution in [-0.4, -0.2) is 0 Å². The lowest BCUT2D eigenvalue weighted by Crippen LogP contribution is -2.14. The summed E-state index contributed by atoms with van der Waals surface area (Å²) in [4.78, 5) is 0. The van der Waals surface area contributed by atoms with E-state index in [9.17, 15) is 17.6 Å². The van der Waals surface area contributed by atoms with E-state index in [1.165, 1.54) is 24.3 Å². The van der Waals surface area contributed by atoms with Gasteiger partial charge in [-0.2, -0.15) is 13.2 Å². The molecule has 21 heavy (non-hydrogen) atoms. The summed E-state index contributed by atoms with van der Waals surface area (Å²) in [6.07, 6.45) is -3.96. The summed E-state index contributed by atoms with van der Waals surface area (Å²) in [5.41, 5.74) is 6.68. The molecular weight excluding hydrogens is 350 g/mol. The lowest BCUT2D eigenvalue weighted by molar-refractivity contribution is -0.137. The van der Waals surface area contributed by atoms with E-state index in [0.717, 1.165) is 17.7 Å². The Morgan fingerprint density at radius 2 is 1.67 bits per heavy atom. The van der Waals surface area contributed by atoms with Crippen LogP contribution < -0.4 is 5.73 Å². The van der Waals surface area contributed by atoms with Gasteiger partial charge in [0, 0.05) is 10.5 Å².